The monoisotopic (exact) mass is 534 g/mol. The van der Waals surface area contributed by atoms with E-state index in [9.17, 15) is 4.80 Å². The van der Waals surface area contributed by atoms with Gasteiger partial charge in [0, 0.05) is 61.4 Å². The molecule has 0 heterocycles. The van der Waals surface area contributed by atoms with E-state index in [1.165, 1.54) is 0 Å². The summed E-state index contributed by atoms with van der Waals surface area (Å²) in [6, 6.07) is 0. The van der Waals surface area contributed by atoms with Crippen LogP contribution in [0.1, 0.15) is 101 Å². The second-order valence-electron chi connectivity index (χ2n) is 8.86. The van der Waals surface area contributed by atoms with Crippen LogP contribution in [-0.2, 0) is 35.0 Å². The second kappa shape index (κ2) is 34.8. The molecule has 0 fully saturated rings. The molecule has 0 aromatic rings. The zero-order valence-corrected chi connectivity index (χ0v) is 25.8. The van der Waals surface area contributed by atoms with Gasteiger partial charge in [-0.15, -0.1) is 0 Å². The summed E-state index contributed by atoms with van der Waals surface area (Å²) in [4.78, 5) is 10.2. The third kappa shape index (κ3) is 50.5. The van der Waals surface area contributed by atoms with Crippen molar-refractivity contribution in [2.45, 2.75) is 101 Å². The van der Waals surface area contributed by atoms with Crippen LogP contribution in [0.25, 0.3) is 0 Å². The molecule has 7 nitrogen and oxygen atoms in total. The van der Waals surface area contributed by atoms with Gasteiger partial charge in [0.1, 0.15) is 0 Å². The van der Waals surface area contributed by atoms with Gasteiger partial charge in [0.05, 0.1) is 0 Å². The third-order valence-corrected chi connectivity index (χ3v) is 5.15. The molecular formula is C24H58O7SiTi. The van der Waals surface area contributed by atoms with Crippen LogP contribution in [0.3, 0.4) is 0 Å². The van der Waals surface area contributed by atoms with E-state index < -0.39 is 9.05 Å². The van der Waals surface area contributed by atoms with Crippen molar-refractivity contribution < 1.29 is 55.1 Å². The normalized spacial score (nSPS) is 10.5. The summed E-state index contributed by atoms with van der Waals surface area (Å²) in [5, 5.41) is 24.4. The van der Waals surface area contributed by atoms with Crippen LogP contribution in [0, 0.1) is 17.8 Å². The van der Waals surface area contributed by atoms with Crippen LogP contribution in [0.2, 0.25) is 0 Å². The molecule has 0 spiro atoms. The zero-order valence-electron chi connectivity index (χ0n) is 23.2. The largest absolute Gasteiger partial charge is 0.676 e. The summed E-state index contributed by atoms with van der Waals surface area (Å²) in [6.45, 7) is 20.5. The molecule has 33 heavy (non-hydrogen) atoms. The van der Waals surface area contributed by atoms with Gasteiger partial charge in [-0.05, 0) is 37.0 Å². The van der Waals surface area contributed by atoms with E-state index in [2.05, 4.69) is 20.8 Å². The summed E-state index contributed by atoms with van der Waals surface area (Å²) in [6.07, 6.45) is 5.87. The zero-order chi connectivity index (χ0) is 25.8. The summed E-state index contributed by atoms with van der Waals surface area (Å²) >= 11 is 0. The minimum atomic E-state index is -3.36. The molecule has 0 bridgehead atoms. The fourth-order valence-electron chi connectivity index (χ4n) is 1.16. The average Bonchev–Trinajstić information content (AvgIpc) is 2.75. The maximum absolute atomic E-state index is 10.2. The van der Waals surface area contributed by atoms with Gasteiger partial charge >= 0.3 is 9.05 Å². The van der Waals surface area contributed by atoms with Crippen LogP contribution in [0.15, 0.2) is 0 Å². The molecule has 0 aliphatic rings. The first-order valence-electron chi connectivity index (χ1n) is 12.5. The van der Waals surface area contributed by atoms with Gasteiger partial charge < -0.3 is 33.4 Å². The fourth-order valence-corrected chi connectivity index (χ4v) is 2.62. The van der Waals surface area contributed by atoms with Crippen LogP contribution >= 0.6 is 0 Å². The van der Waals surface area contributed by atoms with Crippen molar-refractivity contribution in [3.05, 3.63) is 0 Å². The maximum atomic E-state index is 10.2. The predicted molar refractivity (Wildman–Crippen MR) is 136 cm³/mol. The molecule has 0 rings (SSSR count). The molecule has 4 N–H and O–H groups in total. The first kappa shape index (κ1) is 43.7. The van der Waals surface area contributed by atoms with E-state index in [4.69, 9.17) is 28.6 Å². The molecule has 0 saturated heterocycles. The van der Waals surface area contributed by atoms with E-state index >= 15 is 0 Å². The number of aliphatic hydroxyl groups is 3. The summed E-state index contributed by atoms with van der Waals surface area (Å²) in [7, 11) is -3.36. The van der Waals surface area contributed by atoms with Crippen molar-refractivity contribution in [1.82, 2.24) is 0 Å². The van der Waals surface area contributed by atoms with Crippen molar-refractivity contribution >= 4 is 9.05 Å². The van der Waals surface area contributed by atoms with Crippen molar-refractivity contribution in [1.29, 1.82) is 0 Å². The van der Waals surface area contributed by atoms with E-state index in [-0.39, 0.29) is 21.7 Å². The van der Waals surface area contributed by atoms with Crippen molar-refractivity contribution in [2.24, 2.45) is 17.8 Å². The molecule has 0 radical (unpaired) electrons. The Hall–Kier alpha value is 0.651. The number of hydrogen-bond donors (Lipinski definition) is 4. The predicted octanol–water partition coefficient (Wildman–Crippen LogP) is 4.77. The first-order valence-corrected chi connectivity index (χ1v) is 14.1. The Morgan fingerprint density at radius 2 is 0.727 bits per heavy atom. The van der Waals surface area contributed by atoms with E-state index in [1.807, 2.05) is 41.5 Å². The number of aliphatic hydroxyl groups excluding tert-OH is 3. The molecule has 0 aromatic heterocycles. The Morgan fingerprint density at radius 1 is 0.545 bits per heavy atom. The smallest absolute Gasteiger partial charge is 0.396 e. The Morgan fingerprint density at radius 3 is 0.848 bits per heavy atom. The van der Waals surface area contributed by atoms with Gasteiger partial charge in [-0.2, -0.15) is 0 Å². The van der Waals surface area contributed by atoms with Crippen molar-refractivity contribution in [3.8, 4) is 0 Å². The van der Waals surface area contributed by atoms with Gasteiger partial charge in [0.25, 0.3) is 0 Å². The van der Waals surface area contributed by atoms with E-state index in [0.29, 0.717) is 57.4 Å². The molecule has 0 aromatic carbocycles. The molecular weight excluding hydrogens is 476 g/mol. The van der Waals surface area contributed by atoms with E-state index in [0.717, 1.165) is 38.5 Å². The number of hydrogen-bond acceptors (Lipinski definition) is 7. The molecule has 0 aliphatic heterocycles. The van der Waals surface area contributed by atoms with Crippen LogP contribution < -0.4 is 0 Å². The average molecular weight is 535 g/mol. The molecule has 9 heteroatoms. The Labute approximate surface area is 222 Å². The van der Waals surface area contributed by atoms with Gasteiger partial charge in [-0.25, -0.2) is 0 Å². The summed E-state index contributed by atoms with van der Waals surface area (Å²) in [5.41, 5.74) is 0. The molecule has 0 aliphatic carbocycles. The van der Waals surface area contributed by atoms with Crippen LogP contribution in [0.5, 0.6) is 0 Å². The maximum Gasteiger partial charge on any atom is 0.676 e. The van der Waals surface area contributed by atoms with Crippen molar-refractivity contribution in [2.75, 3.05) is 39.6 Å². The Kier molecular flexibility index (Phi) is 46.1. The molecule has 0 amide bonds. The van der Waals surface area contributed by atoms with Gasteiger partial charge in [-0.1, -0.05) is 81.6 Å². The topological polar surface area (TPSA) is 109 Å². The second-order valence-corrected chi connectivity index (χ2v) is 10.8. The standard InChI is InChI=1S/C12H28O4Si.3C4H10O.Ti/c1-4-7-10-14-17(13,15-11-8-5-2)16-12-9-6-3;3*1-4(2)3-5;/h13H,4-12H2,1-3H3;3*4-5H,3H2,1-2H3;. The summed E-state index contributed by atoms with van der Waals surface area (Å²) in [5.74, 6) is 1.32. The first-order chi connectivity index (χ1) is 15.0. The van der Waals surface area contributed by atoms with Gasteiger partial charge in [0.15, 0.2) is 0 Å². The molecule has 0 saturated carbocycles. The fraction of sp³-hybridized carbons (Fsp3) is 1.00. The van der Waals surface area contributed by atoms with Crippen molar-refractivity contribution in [3.63, 3.8) is 0 Å². The van der Waals surface area contributed by atoms with Crippen LogP contribution in [0.4, 0.5) is 0 Å². The Bertz CT molecular complexity index is 278. The van der Waals surface area contributed by atoms with E-state index in [1.54, 1.807) is 0 Å². The summed E-state index contributed by atoms with van der Waals surface area (Å²) < 4.78 is 16.2. The Balaban J connectivity index is -0.000000133. The number of unbranched alkanes of at least 4 members (excludes halogenated alkanes) is 3. The quantitative estimate of drug-likeness (QED) is 0.177. The number of rotatable bonds is 15. The van der Waals surface area contributed by atoms with Gasteiger partial charge in [0.2, 0.25) is 0 Å². The molecule has 0 atom stereocenters. The minimum Gasteiger partial charge on any atom is -0.396 e. The van der Waals surface area contributed by atoms with Gasteiger partial charge in [-0.3, -0.25) is 0 Å². The molecule has 0 unspecified atom stereocenters. The van der Waals surface area contributed by atoms with Crippen LogP contribution in [-0.4, -0.2) is 68.8 Å². The third-order valence-electron chi connectivity index (χ3n) is 3.44. The SMILES string of the molecule is CC(C)CO.CC(C)CO.CC(C)CO.CCCCO[Si](O)(OCCCC)OCCCC.[Ti]. The minimum absolute atomic E-state index is 0. The molecule has 204 valence electrons.